The molecule has 132 valence electrons. The quantitative estimate of drug-likeness (QED) is 0.531. The Kier molecular flexibility index (Phi) is 7.30. The van der Waals surface area contributed by atoms with Crippen molar-refractivity contribution in [2.45, 2.75) is 58.9 Å². The van der Waals surface area contributed by atoms with Gasteiger partial charge in [0.25, 0.3) is 0 Å². The number of nitrogens with zero attached hydrogens (tertiary/aromatic N) is 2. The van der Waals surface area contributed by atoms with E-state index in [9.17, 15) is 0 Å². The SMILES string of the molecule is CCCCCCCc1nc2noc(C)c2c(N)c1CNC(=S)SC. The third-order valence-corrected chi connectivity index (χ3v) is 5.30. The summed E-state index contributed by atoms with van der Waals surface area (Å²) in [4.78, 5) is 4.70. The Labute approximate surface area is 153 Å². The maximum Gasteiger partial charge on any atom is 0.205 e. The lowest BCUT2D eigenvalue weighted by atomic mass is 10.0. The van der Waals surface area contributed by atoms with Crippen molar-refractivity contribution < 1.29 is 4.52 Å². The lowest BCUT2D eigenvalue weighted by Gasteiger charge is -2.14. The van der Waals surface area contributed by atoms with E-state index in [-0.39, 0.29) is 0 Å². The molecule has 0 bridgehead atoms. The molecule has 0 saturated heterocycles. The normalized spacial score (nSPS) is 11.1. The van der Waals surface area contributed by atoms with Crippen molar-refractivity contribution in [1.82, 2.24) is 15.5 Å². The van der Waals surface area contributed by atoms with Gasteiger partial charge in [-0.25, -0.2) is 4.98 Å². The first-order chi connectivity index (χ1) is 11.6. The number of hydrogen-bond acceptors (Lipinski definition) is 6. The van der Waals surface area contributed by atoms with Crippen molar-refractivity contribution in [3.63, 3.8) is 0 Å². The van der Waals surface area contributed by atoms with Crippen LogP contribution in [0.5, 0.6) is 0 Å². The summed E-state index contributed by atoms with van der Waals surface area (Å²) < 4.78 is 6.02. The molecule has 0 spiro atoms. The minimum atomic E-state index is 0.587. The smallest absolute Gasteiger partial charge is 0.205 e. The van der Waals surface area contributed by atoms with Gasteiger partial charge in [-0.1, -0.05) is 50.0 Å². The fourth-order valence-corrected chi connectivity index (χ4v) is 3.07. The largest absolute Gasteiger partial charge is 0.398 e. The van der Waals surface area contributed by atoms with Gasteiger partial charge in [-0.3, -0.25) is 0 Å². The monoisotopic (exact) mass is 366 g/mol. The zero-order chi connectivity index (χ0) is 17.5. The van der Waals surface area contributed by atoms with Crippen LogP contribution in [0.25, 0.3) is 11.0 Å². The molecule has 0 aliphatic carbocycles. The second-order valence-electron chi connectivity index (χ2n) is 5.90. The van der Waals surface area contributed by atoms with E-state index in [1.54, 1.807) is 0 Å². The van der Waals surface area contributed by atoms with Crippen molar-refractivity contribution in [3.8, 4) is 0 Å². The molecule has 5 nitrogen and oxygen atoms in total. The Morgan fingerprint density at radius 1 is 1.29 bits per heavy atom. The summed E-state index contributed by atoms with van der Waals surface area (Å²) in [5, 5.41) is 8.09. The highest BCUT2D eigenvalue weighted by Gasteiger charge is 2.17. The molecular weight excluding hydrogens is 340 g/mol. The van der Waals surface area contributed by atoms with Gasteiger partial charge in [-0.05, 0) is 26.0 Å². The second-order valence-corrected chi connectivity index (χ2v) is 7.38. The molecule has 0 aromatic carbocycles. The molecule has 2 aromatic rings. The highest BCUT2D eigenvalue weighted by molar-refractivity contribution is 8.22. The molecule has 0 unspecified atom stereocenters. The van der Waals surface area contributed by atoms with Gasteiger partial charge in [0, 0.05) is 12.1 Å². The average Bonchev–Trinajstić information content (AvgIpc) is 2.95. The molecule has 7 heteroatoms. The van der Waals surface area contributed by atoms with Crippen LogP contribution in [-0.2, 0) is 13.0 Å². The molecular formula is C17H26N4OS2. The van der Waals surface area contributed by atoms with Crippen LogP contribution in [0.1, 0.15) is 56.0 Å². The average molecular weight is 367 g/mol. The van der Waals surface area contributed by atoms with Gasteiger partial charge in [0.05, 0.1) is 16.8 Å². The van der Waals surface area contributed by atoms with Gasteiger partial charge in [-0.15, -0.1) is 11.8 Å². The van der Waals surface area contributed by atoms with E-state index in [1.165, 1.54) is 37.4 Å². The number of thioether (sulfide) groups is 1. The lowest BCUT2D eigenvalue weighted by molar-refractivity contribution is 0.404. The van der Waals surface area contributed by atoms with Crippen LogP contribution in [-0.4, -0.2) is 20.7 Å². The summed E-state index contributed by atoms with van der Waals surface area (Å²) in [5.74, 6) is 0.707. The van der Waals surface area contributed by atoms with Crippen molar-refractivity contribution >= 4 is 45.0 Å². The molecule has 2 heterocycles. The van der Waals surface area contributed by atoms with E-state index in [2.05, 4.69) is 17.4 Å². The standard InChI is InChI=1S/C17H26N4OS2/c1-4-5-6-7-8-9-13-12(10-19-17(23)24-3)15(18)14-11(2)22-21-16(14)20-13/h4-10,18H2,1-3H3,(H,19,23). The Balaban J connectivity index is 2.23. The number of rotatable bonds is 8. The third kappa shape index (κ3) is 4.60. The molecule has 3 N–H and O–H groups in total. The van der Waals surface area contributed by atoms with Crippen LogP contribution in [0.2, 0.25) is 0 Å². The maximum atomic E-state index is 6.41. The summed E-state index contributed by atoms with van der Waals surface area (Å²) in [6, 6.07) is 0. The number of unbranched alkanes of at least 4 members (excludes halogenated alkanes) is 4. The van der Waals surface area contributed by atoms with Crippen molar-refractivity contribution in [3.05, 3.63) is 17.0 Å². The number of hydrogen-bond donors (Lipinski definition) is 2. The predicted octanol–water partition coefficient (Wildman–Crippen LogP) is 4.36. The van der Waals surface area contributed by atoms with Crippen LogP contribution >= 0.6 is 24.0 Å². The topological polar surface area (TPSA) is 77.0 Å². The summed E-state index contributed by atoms with van der Waals surface area (Å²) in [6.07, 6.45) is 8.97. The zero-order valence-corrected chi connectivity index (χ0v) is 16.3. The number of anilines is 1. The molecule has 0 radical (unpaired) electrons. The molecule has 0 amide bonds. The third-order valence-electron chi connectivity index (χ3n) is 4.14. The molecule has 0 fully saturated rings. The minimum absolute atomic E-state index is 0.587. The molecule has 2 rings (SSSR count). The van der Waals surface area contributed by atoms with Gasteiger partial charge in [0.1, 0.15) is 10.1 Å². The number of pyridine rings is 1. The van der Waals surface area contributed by atoms with Crippen LogP contribution < -0.4 is 11.1 Å². The highest BCUT2D eigenvalue weighted by atomic mass is 32.2. The van der Waals surface area contributed by atoms with E-state index >= 15 is 0 Å². The molecule has 0 atom stereocenters. The number of aromatic nitrogens is 2. The fourth-order valence-electron chi connectivity index (χ4n) is 2.78. The van der Waals surface area contributed by atoms with Gasteiger partial charge in [0.2, 0.25) is 5.65 Å². The van der Waals surface area contributed by atoms with E-state index in [4.69, 9.17) is 27.5 Å². The predicted molar refractivity (Wildman–Crippen MR) is 106 cm³/mol. The molecule has 24 heavy (non-hydrogen) atoms. The number of nitrogens with two attached hydrogens (primary N) is 1. The number of thiocarbonyl (C=S) groups is 1. The van der Waals surface area contributed by atoms with Gasteiger partial charge >= 0.3 is 0 Å². The van der Waals surface area contributed by atoms with Crippen LogP contribution in [0.4, 0.5) is 5.69 Å². The molecule has 0 saturated carbocycles. The number of nitrogens with one attached hydrogen (secondary N) is 1. The Morgan fingerprint density at radius 2 is 2.04 bits per heavy atom. The Morgan fingerprint density at radius 3 is 2.75 bits per heavy atom. The fraction of sp³-hybridized carbons (Fsp3) is 0.588. The first kappa shape index (κ1) is 19.0. The first-order valence-electron chi connectivity index (χ1n) is 8.43. The van der Waals surface area contributed by atoms with Crippen molar-refractivity contribution in [2.24, 2.45) is 0 Å². The van der Waals surface area contributed by atoms with E-state index in [0.29, 0.717) is 23.6 Å². The molecule has 0 aliphatic rings. The van der Waals surface area contributed by atoms with Crippen LogP contribution in [0.15, 0.2) is 4.52 Å². The summed E-state index contributed by atoms with van der Waals surface area (Å²) >= 11 is 6.76. The van der Waals surface area contributed by atoms with Gasteiger partial charge in [-0.2, -0.15) is 0 Å². The first-order valence-corrected chi connectivity index (χ1v) is 10.1. The number of fused-ring (bicyclic) bond motifs is 1. The number of aryl methyl sites for hydroxylation is 2. The van der Waals surface area contributed by atoms with Gasteiger partial charge in [0.15, 0.2) is 0 Å². The Hall–Kier alpha value is -1.34. The van der Waals surface area contributed by atoms with E-state index < -0.39 is 0 Å². The maximum absolute atomic E-state index is 6.41. The lowest BCUT2D eigenvalue weighted by Crippen LogP contribution is -2.20. The van der Waals surface area contributed by atoms with Gasteiger partial charge < -0.3 is 15.6 Å². The highest BCUT2D eigenvalue weighted by Crippen LogP contribution is 2.29. The second kappa shape index (κ2) is 9.22. The van der Waals surface area contributed by atoms with Crippen molar-refractivity contribution in [2.75, 3.05) is 12.0 Å². The summed E-state index contributed by atoms with van der Waals surface area (Å²) in [5.41, 5.74) is 9.74. The minimum Gasteiger partial charge on any atom is -0.398 e. The molecule has 2 aromatic heterocycles. The van der Waals surface area contributed by atoms with E-state index in [1.807, 2.05) is 13.2 Å². The van der Waals surface area contributed by atoms with Crippen LogP contribution in [0, 0.1) is 6.92 Å². The molecule has 0 aliphatic heterocycles. The Bertz CT molecular complexity index is 699. The van der Waals surface area contributed by atoms with Crippen LogP contribution in [0.3, 0.4) is 0 Å². The number of nitrogen functional groups attached to an aromatic ring is 1. The zero-order valence-electron chi connectivity index (χ0n) is 14.6. The van der Waals surface area contributed by atoms with Crippen molar-refractivity contribution in [1.29, 1.82) is 0 Å². The van der Waals surface area contributed by atoms with E-state index in [0.717, 1.165) is 33.8 Å². The summed E-state index contributed by atoms with van der Waals surface area (Å²) in [6.45, 7) is 4.67. The summed E-state index contributed by atoms with van der Waals surface area (Å²) in [7, 11) is 0.